The molecule has 14 rings (SSSR count). The van der Waals surface area contributed by atoms with Gasteiger partial charge in [-0.1, -0.05) is 296 Å². The number of ether oxygens (including phenoxy) is 5. The number of benzene rings is 13. The molecule has 8 unspecified atom stereocenters. The van der Waals surface area contributed by atoms with Crippen molar-refractivity contribution in [2.45, 2.75) is 268 Å². The van der Waals surface area contributed by atoms with Crippen molar-refractivity contribution in [1.29, 1.82) is 0 Å². The van der Waals surface area contributed by atoms with Gasteiger partial charge in [0.25, 0.3) is 0 Å². The minimum absolute atomic E-state index is 0.0146. The van der Waals surface area contributed by atoms with Crippen molar-refractivity contribution in [2.24, 2.45) is 0 Å². The molecule has 0 radical (unpaired) electrons. The fourth-order valence-corrected chi connectivity index (χ4v) is 19.3. The third-order valence-corrected chi connectivity index (χ3v) is 29.7. The van der Waals surface area contributed by atoms with Gasteiger partial charge in [-0.3, -0.25) is 0 Å². The Morgan fingerprint density at radius 2 is 0.526 bits per heavy atom. The molecule has 0 bridgehead atoms. The average Bonchev–Trinajstić information content (AvgIpc) is 0.826. The van der Waals surface area contributed by atoms with Crippen LogP contribution < -0.4 is 14.2 Å². The zero-order valence-corrected chi connectivity index (χ0v) is 83.9. The van der Waals surface area contributed by atoms with Gasteiger partial charge in [-0.15, -0.1) is 0 Å². The molecule has 1 aliphatic carbocycles. The summed E-state index contributed by atoms with van der Waals surface area (Å²) in [5, 5.41) is 18.0. The molecular weight excluding hydrogens is 1730 g/mol. The van der Waals surface area contributed by atoms with Crippen molar-refractivity contribution in [3.63, 3.8) is 0 Å². The SMILES string of the molecule is CCC(C)c1ccc(O)cc1.CCC(C)c1ccc(O)cc1.CCC(C)c1ccc(OC(C)OCCOc2ccc(C3CCCCC3)cc2)cc1.CCC(C)c1ccc(S(=O)(=O)[O-])cc1.CCC(C)c1ccc(S(=O)(=O)[O-])cc1.CCOC(C)Oc1ccc(C(C)CC)cc1.c1ccc([S+](c2ccccc2)c2ccccc2)cc1.c1ccc([S+](c2ccccc2)c2ccccc2)cc1. The fraction of sp³-hybridized carbons (Fsp3) is 0.328. The lowest BCUT2D eigenvalue weighted by atomic mass is 9.84. The van der Waals surface area contributed by atoms with Gasteiger partial charge in [0, 0.05) is 6.61 Å². The van der Waals surface area contributed by atoms with E-state index in [0.717, 1.165) is 72.8 Å². The first-order chi connectivity index (χ1) is 64.1. The van der Waals surface area contributed by atoms with Crippen LogP contribution in [0.3, 0.4) is 0 Å². The molecule has 0 aromatic heterocycles. The van der Waals surface area contributed by atoms with E-state index < -0.39 is 20.2 Å². The van der Waals surface area contributed by atoms with E-state index >= 15 is 0 Å². The average molecular weight is 1870 g/mol. The Bertz CT molecular complexity index is 5040. The molecule has 17 heteroatoms. The lowest BCUT2D eigenvalue weighted by Gasteiger charge is -2.22. The summed E-state index contributed by atoms with van der Waals surface area (Å²) in [6.07, 6.45) is 12.9. The minimum Gasteiger partial charge on any atom is -0.744 e. The van der Waals surface area contributed by atoms with Gasteiger partial charge in [0.05, 0.1) is 38.2 Å². The predicted octanol–water partition coefficient (Wildman–Crippen LogP) is 30.6. The first-order valence-electron chi connectivity index (χ1n) is 47.1. The van der Waals surface area contributed by atoms with Crippen molar-refractivity contribution in [3.8, 4) is 28.7 Å². The van der Waals surface area contributed by atoms with Gasteiger partial charge < -0.3 is 43.0 Å². The summed E-state index contributed by atoms with van der Waals surface area (Å²) in [7, 11) is -8.63. The van der Waals surface area contributed by atoms with Crippen molar-refractivity contribution in [2.75, 3.05) is 19.8 Å². The van der Waals surface area contributed by atoms with E-state index in [1.54, 1.807) is 48.5 Å². The van der Waals surface area contributed by atoms with Gasteiger partial charge >= 0.3 is 0 Å². The normalized spacial score (nSPS) is 13.5. The molecule has 1 aliphatic rings. The Labute approximate surface area is 803 Å². The first kappa shape index (κ1) is 109. The van der Waals surface area contributed by atoms with Crippen LogP contribution >= 0.6 is 0 Å². The van der Waals surface area contributed by atoms with Gasteiger partial charge in [0.2, 0.25) is 0 Å². The third-order valence-electron chi connectivity index (χ3n) is 23.5. The Morgan fingerprint density at radius 3 is 0.767 bits per heavy atom. The van der Waals surface area contributed by atoms with Crippen LogP contribution in [0.2, 0.25) is 0 Å². The van der Waals surface area contributed by atoms with E-state index in [0.29, 0.717) is 66.8 Å². The highest BCUT2D eigenvalue weighted by molar-refractivity contribution is 7.97. The predicted molar refractivity (Wildman–Crippen MR) is 549 cm³/mol. The second-order valence-corrected chi connectivity index (χ2v) is 40.0. The topological polar surface area (TPSA) is 201 Å². The largest absolute Gasteiger partial charge is 0.744 e. The third kappa shape index (κ3) is 39.4. The van der Waals surface area contributed by atoms with E-state index in [2.05, 4.69) is 314 Å². The summed E-state index contributed by atoms with van der Waals surface area (Å²) in [4.78, 5) is 7.84. The molecule has 13 aromatic carbocycles. The smallest absolute Gasteiger partial charge is 0.197 e. The maximum Gasteiger partial charge on any atom is 0.197 e. The number of hydrogen-bond donors (Lipinski definition) is 2. The van der Waals surface area contributed by atoms with Gasteiger partial charge in [-0.05, 0) is 310 Å². The summed E-state index contributed by atoms with van der Waals surface area (Å²) >= 11 is 0. The van der Waals surface area contributed by atoms with Gasteiger partial charge in [0.1, 0.15) is 55.6 Å². The van der Waals surface area contributed by atoms with E-state index in [1.807, 2.05) is 69.3 Å². The highest BCUT2D eigenvalue weighted by Crippen LogP contribution is 2.36. The van der Waals surface area contributed by atoms with Gasteiger partial charge in [-0.25, -0.2) is 16.8 Å². The van der Waals surface area contributed by atoms with Crippen LogP contribution in [-0.4, -0.2) is 68.6 Å². The van der Waals surface area contributed by atoms with Crippen LogP contribution in [0, 0.1) is 0 Å². The Hall–Kier alpha value is -10.7. The number of phenolic OH excluding ortho intramolecular Hbond substituents is 2. The molecule has 0 amide bonds. The number of aromatic hydroxyl groups is 2. The molecule has 8 atom stereocenters. The van der Waals surface area contributed by atoms with Crippen molar-refractivity contribution in [3.05, 3.63) is 391 Å². The lowest BCUT2D eigenvalue weighted by molar-refractivity contribution is -0.0739. The number of phenols is 2. The number of hydrogen-bond acceptors (Lipinski definition) is 13. The molecule has 13 nitrogen and oxygen atoms in total. The summed E-state index contributed by atoms with van der Waals surface area (Å²) in [5.74, 6) is 7.18. The van der Waals surface area contributed by atoms with Crippen molar-refractivity contribution < 1.29 is 59.8 Å². The van der Waals surface area contributed by atoms with Gasteiger partial charge in [-0.2, -0.15) is 0 Å². The van der Waals surface area contributed by atoms with Crippen molar-refractivity contribution in [1.82, 2.24) is 0 Å². The molecule has 0 saturated heterocycles. The van der Waals surface area contributed by atoms with Crippen LogP contribution in [-0.2, 0) is 51.5 Å². The molecular formula is C116H142O13S4. The summed E-state index contributed by atoms with van der Waals surface area (Å²) in [6.45, 7) is 33.3. The van der Waals surface area contributed by atoms with Crippen LogP contribution in [0.1, 0.15) is 255 Å². The molecule has 2 N–H and O–H groups in total. The van der Waals surface area contributed by atoms with E-state index in [9.17, 15) is 25.9 Å². The second-order valence-electron chi connectivity index (χ2n) is 33.2. The molecule has 0 spiro atoms. The first-order valence-corrected chi connectivity index (χ1v) is 52.3. The number of rotatable bonds is 32. The minimum atomic E-state index is -4.30. The molecule has 0 aliphatic heterocycles. The monoisotopic (exact) mass is 1870 g/mol. The lowest BCUT2D eigenvalue weighted by Crippen LogP contribution is -2.19. The van der Waals surface area contributed by atoms with E-state index in [4.69, 9.17) is 33.9 Å². The molecule has 133 heavy (non-hydrogen) atoms. The van der Waals surface area contributed by atoms with Crippen LogP contribution in [0.4, 0.5) is 0 Å². The highest BCUT2D eigenvalue weighted by Gasteiger charge is 2.29. The van der Waals surface area contributed by atoms with Crippen LogP contribution in [0.15, 0.2) is 391 Å². The van der Waals surface area contributed by atoms with E-state index in [1.165, 1.54) is 114 Å². The molecule has 0 heterocycles. The van der Waals surface area contributed by atoms with Crippen LogP contribution in [0.25, 0.3) is 0 Å². The summed E-state index contributed by atoms with van der Waals surface area (Å²) in [5.41, 5.74) is 8.86. The Morgan fingerprint density at radius 1 is 0.293 bits per heavy atom. The maximum atomic E-state index is 10.6. The fourth-order valence-electron chi connectivity index (χ4n) is 14.2. The van der Waals surface area contributed by atoms with Crippen molar-refractivity contribution >= 4 is 42.0 Å². The zero-order valence-electron chi connectivity index (χ0n) is 80.6. The summed E-state index contributed by atoms with van der Waals surface area (Å²) < 4.78 is 92.1. The standard InChI is InChI=1S/C26H36O3.2C18H15S.C14H22O2.2C10H14O3S.2C10H14O/c1-4-20(2)22-10-16-26(17-11-22)29-21(3)27-18-19-28-25-14-12-24(13-15-25)23-8-6-5-7-9-23;2*1-4-10-16(11-5-1)19(17-12-6-2-7-13-17)18-14-8-3-9-15-18;1-5-11(3)13-7-9-14(10-8-13)16-12(4)15-6-2;2*1-3-8(2)9-4-6-10(7-5-9)14(11,12)13;2*1-3-8(2)9-4-6-10(11)7-5-9/h10-17,20-21,23H,4-9,18-19H2,1-3H3;2*1-15H;7-12H,5-6H2,1-4H3;2*4-8H,3H2,1-2H3,(H,11,12,13);2*4-8,11H,3H2,1-2H3/q;2*+1;;;;;/p-2. The van der Waals surface area contributed by atoms with Crippen LogP contribution in [0.5, 0.6) is 28.7 Å². The zero-order chi connectivity index (χ0) is 96.3. The maximum absolute atomic E-state index is 10.6. The summed E-state index contributed by atoms with van der Waals surface area (Å²) in [6, 6.07) is 117. The Kier molecular flexibility index (Phi) is 49.2. The highest BCUT2D eigenvalue weighted by atomic mass is 32.2. The second kappa shape index (κ2) is 59.8. The molecule has 708 valence electrons. The molecule has 13 aromatic rings. The van der Waals surface area contributed by atoms with Gasteiger partial charge in [0.15, 0.2) is 42.0 Å². The quantitative estimate of drug-likeness (QED) is 0.0175. The molecule has 1 saturated carbocycles. The van der Waals surface area contributed by atoms with E-state index in [-0.39, 0.29) is 44.2 Å². The molecule has 1 fully saturated rings. The Balaban J connectivity index is 0.000000212.